The first-order valence-electron chi connectivity index (χ1n) is 5.36. The Balaban J connectivity index is 1.99. The number of rotatable bonds is 2. The Morgan fingerprint density at radius 3 is 2.41 bits per heavy atom. The molecule has 0 aliphatic rings. The first-order valence-corrected chi connectivity index (χ1v) is 6.24. The van der Waals surface area contributed by atoms with Gasteiger partial charge in [0.25, 0.3) is 0 Å². The van der Waals surface area contributed by atoms with Crippen LogP contribution < -0.4 is 0 Å². The maximum Gasteiger partial charge on any atom is 0.142 e. The lowest BCUT2D eigenvalue weighted by molar-refractivity contribution is 1.29. The number of aromatic nitrogens is 2. The molecule has 0 aliphatic heterocycles. The second-order valence-electron chi connectivity index (χ2n) is 3.62. The highest BCUT2D eigenvalue weighted by Crippen LogP contribution is 2.27. The molecule has 2 heterocycles. The van der Waals surface area contributed by atoms with Crippen LogP contribution in [0.4, 0.5) is 0 Å². The van der Waals surface area contributed by atoms with Crippen molar-refractivity contribution in [2.24, 2.45) is 0 Å². The maximum atomic E-state index is 4.61. The summed E-state index contributed by atoms with van der Waals surface area (Å²) < 4.78 is 0. The van der Waals surface area contributed by atoms with Gasteiger partial charge in [0.1, 0.15) is 5.01 Å². The predicted octanol–water partition coefficient (Wildman–Crippen LogP) is 3.87. The van der Waals surface area contributed by atoms with E-state index in [9.17, 15) is 0 Å². The van der Waals surface area contributed by atoms with Gasteiger partial charge in [0.05, 0.1) is 11.4 Å². The van der Waals surface area contributed by atoms with E-state index in [-0.39, 0.29) is 0 Å². The van der Waals surface area contributed by atoms with Crippen LogP contribution in [-0.2, 0) is 0 Å². The van der Waals surface area contributed by atoms with E-state index in [1.165, 1.54) is 0 Å². The summed E-state index contributed by atoms with van der Waals surface area (Å²) in [5.74, 6) is 0. The maximum absolute atomic E-state index is 4.61. The van der Waals surface area contributed by atoms with Crippen LogP contribution in [0.2, 0.25) is 0 Å². The van der Waals surface area contributed by atoms with Gasteiger partial charge in [0, 0.05) is 17.1 Å². The minimum atomic E-state index is 0.930. The zero-order valence-corrected chi connectivity index (χ0v) is 9.89. The lowest BCUT2D eigenvalue weighted by Gasteiger charge is -1.95. The van der Waals surface area contributed by atoms with Crippen LogP contribution >= 0.6 is 11.3 Å². The van der Waals surface area contributed by atoms with Crippen LogP contribution in [0.3, 0.4) is 0 Å². The Bertz CT molecular complexity index is 548. The van der Waals surface area contributed by atoms with Crippen molar-refractivity contribution >= 4 is 11.3 Å². The van der Waals surface area contributed by atoms with Crippen LogP contribution in [0, 0.1) is 0 Å². The van der Waals surface area contributed by atoms with Crippen LogP contribution in [0.5, 0.6) is 0 Å². The largest absolute Gasteiger partial charge is 0.254 e. The van der Waals surface area contributed by atoms with E-state index in [4.69, 9.17) is 0 Å². The number of hydrogen-bond donors (Lipinski definition) is 0. The molecule has 0 aliphatic carbocycles. The number of nitrogens with zero attached hydrogens (tertiary/aromatic N) is 2. The van der Waals surface area contributed by atoms with Crippen molar-refractivity contribution in [1.82, 2.24) is 9.97 Å². The molecule has 0 atom stereocenters. The van der Waals surface area contributed by atoms with Crippen molar-refractivity contribution in [3.8, 4) is 22.0 Å². The molecule has 1 aromatic carbocycles. The highest BCUT2D eigenvalue weighted by atomic mass is 32.1. The topological polar surface area (TPSA) is 25.8 Å². The van der Waals surface area contributed by atoms with E-state index in [0.717, 1.165) is 22.0 Å². The highest BCUT2D eigenvalue weighted by Gasteiger charge is 2.06. The van der Waals surface area contributed by atoms with Gasteiger partial charge in [-0.2, -0.15) is 0 Å². The lowest BCUT2D eigenvalue weighted by Crippen LogP contribution is -1.81. The van der Waals surface area contributed by atoms with Crippen molar-refractivity contribution in [3.05, 3.63) is 60.1 Å². The van der Waals surface area contributed by atoms with Crippen molar-refractivity contribution in [2.45, 2.75) is 0 Å². The van der Waals surface area contributed by atoms with Crippen LogP contribution in [-0.4, -0.2) is 9.97 Å². The molecular formula is C14H10N2S. The van der Waals surface area contributed by atoms with E-state index >= 15 is 0 Å². The second kappa shape index (κ2) is 4.47. The molecule has 2 nitrogen and oxygen atoms in total. The van der Waals surface area contributed by atoms with Crippen molar-refractivity contribution in [2.75, 3.05) is 0 Å². The minimum absolute atomic E-state index is 0.930. The first kappa shape index (κ1) is 10.2. The van der Waals surface area contributed by atoms with Gasteiger partial charge in [-0.25, -0.2) is 4.98 Å². The molecule has 17 heavy (non-hydrogen) atoms. The number of thiazole rings is 1. The summed E-state index contributed by atoms with van der Waals surface area (Å²) in [4.78, 5) is 8.91. The Labute approximate surface area is 104 Å². The predicted molar refractivity (Wildman–Crippen MR) is 70.8 cm³/mol. The van der Waals surface area contributed by atoms with Crippen LogP contribution in [0.25, 0.3) is 22.0 Å². The van der Waals surface area contributed by atoms with E-state index in [2.05, 4.69) is 27.5 Å². The molecule has 0 radical (unpaired) electrons. The molecule has 0 N–H and O–H groups in total. The molecule has 0 fully saturated rings. The van der Waals surface area contributed by atoms with E-state index in [0.29, 0.717) is 0 Å². The smallest absolute Gasteiger partial charge is 0.142 e. The molecule has 0 spiro atoms. The monoisotopic (exact) mass is 238 g/mol. The van der Waals surface area contributed by atoms with E-state index in [1.54, 1.807) is 17.5 Å². The molecular weight excluding hydrogens is 228 g/mol. The normalized spacial score (nSPS) is 10.4. The molecule has 3 aromatic rings. The average molecular weight is 238 g/mol. The molecule has 3 heteroatoms. The van der Waals surface area contributed by atoms with Gasteiger partial charge in [0.15, 0.2) is 0 Å². The molecule has 0 saturated carbocycles. The average Bonchev–Trinajstić information content (AvgIpc) is 2.90. The zero-order valence-electron chi connectivity index (χ0n) is 9.08. The van der Waals surface area contributed by atoms with Gasteiger partial charge in [-0.3, -0.25) is 4.98 Å². The standard InChI is InChI=1S/C14H10N2S/c1-2-6-11(7-3-1)13-10-17-14(16-13)12-8-4-5-9-15-12/h1-10H. The van der Waals surface area contributed by atoms with Gasteiger partial charge < -0.3 is 0 Å². The Morgan fingerprint density at radius 1 is 0.824 bits per heavy atom. The fourth-order valence-electron chi connectivity index (χ4n) is 1.62. The van der Waals surface area contributed by atoms with Crippen LogP contribution in [0.15, 0.2) is 60.1 Å². The second-order valence-corrected chi connectivity index (χ2v) is 4.48. The van der Waals surface area contributed by atoms with Gasteiger partial charge in [-0.05, 0) is 12.1 Å². The number of hydrogen-bond acceptors (Lipinski definition) is 3. The third-order valence-corrected chi connectivity index (χ3v) is 3.32. The highest BCUT2D eigenvalue weighted by molar-refractivity contribution is 7.13. The Kier molecular flexibility index (Phi) is 2.68. The molecule has 82 valence electrons. The fourth-order valence-corrected chi connectivity index (χ4v) is 2.43. The fraction of sp³-hybridized carbons (Fsp3) is 0. The summed E-state index contributed by atoms with van der Waals surface area (Å²) in [6.45, 7) is 0. The molecule has 3 rings (SSSR count). The lowest BCUT2D eigenvalue weighted by atomic mass is 10.2. The number of benzene rings is 1. The molecule has 0 bridgehead atoms. The molecule has 0 unspecified atom stereocenters. The Hall–Kier alpha value is -2.00. The summed E-state index contributed by atoms with van der Waals surface area (Å²) in [6, 6.07) is 16.1. The number of pyridine rings is 1. The summed E-state index contributed by atoms with van der Waals surface area (Å²) >= 11 is 1.62. The van der Waals surface area contributed by atoms with E-state index in [1.807, 2.05) is 36.4 Å². The van der Waals surface area contributed by atoms with Crippen molar-refractivity contribution in [1.29, 1.82) is 0 Å². The van der Waals surface area contributed by atoms with Crippen LogP contribution in [0.1, 0.15) is 0 Å². The third-order valence-electron chi connectivity index (χ3n) is 2.46. The zero-order chi connectivity index (χ0) is 11.5. The summed E-state index contributed by atoms with van der Waals surface area (Å²) in [5, 5.41) is 3.03. The Morgan fingerprint density at radius 2 is 1.65 bits per heavy atom. The van der Waals surface area contributed by atoms with Gasteiger partial charge in [-0.1, -0.05) is 36.4 Å². The molecule has 2 aromatic heterocycles. The third kappa shape index (κ3) is 2.10. The quantitative estimate of drug-likeness (QED) is 0.677. The molecule has 0 amide bonds. The summed E-state index contributed by atoms with van der Waals surface area (Å²) in [6.07, 6.45) is 1.79. The van der Waals surface area contributed by atoms with Gasteiger partial charge >= 0.3 is 0 Å². The van der Waals surface area contributed by atoms with Crippen molar-refractivity contribution in [3.63, 3.8) is 0 Å². The summed E-state index contributed by atoms with van der Waals surface area (Å²) in [5.41, 5.74) is 3.09. The van der Waals surface area contributed by atoms with E-state index < -0.39 is 0 Å². The SMILES string of the molecule is c1ccc(-c2csc(-c3ccccn3)n2)cc1. The minimum Gasteiger partial charge on any atom is -0.254 e. The summed E-state index contributed by atoms with van der Waals surface area (Å²) in [7, 11) is 0. The first-order chi connectivity index (χ1) is 8.43. The van der Waals surface area contributed by atoms with Crippen molar-refractivity contribution < 1.29 is 0 Å². The van der Waals surface area contributed by atoms with Gasteiger partial charge in [-0.15, -0.1) is 11.3 Å². The van der Waals surface area contributed by atoms with Gasteiger partial charge in [0.2, 0.25) is 0 Å². The molecule has 0 saturated heterocycles.